The maximum absolute atomic E-state index is 9.63. The number of benzene rings is 2. The Balaban J connectivity index is 1.82. The van der Waals surface area contributed by atoms with Gasteiger partial charge in [-0.2, -0.15) is 0 Å². The lowest BCUT2D eigenvalue weighted by molar-refractivity contribution is 0.373. The van der Waals surface area contributed by atoms with Gasteiger partial charge in [-0.1, -0.05) is 48.6 Å². The molecule has 0 aliphatic carbocycles. The number of hydrogen-bond acceptors (Lipinski definition) is 3. The van der Waals surface area contributed by atoms with Crippen LogP contribution in [0.15, 0.2) is 54.6 Å². The zero-order valence-electron chi connectivity index (χ0n) is 12.7. The van der Waals surface area contributed by atoms with E-state index in [-0.39, 0.29) is 11.8 Å². The number of rotatable bonds is 3. The first-order valence-corrected chi connectivity index (χ1v) is 7.24. The van der Waals surface area contributed by atoms with Gasteiger partial charge in [-0.05, 0) is 29.3 Å². The first-order chi connectivity index (χ1) is 10.7. The topological polar surface area (TPSA) is 32.7 Å². The van der Waals surface area contributed by atoms with Crippen molar-refractivity contribution in [3.8, 4) is 11.5 Å². The predicted octanol–water partition coefficient (Wildman–Crippen LogP) is 3.95. The molecule has 112 valence electrons. The van der Waals surface area contributed by atoms with E-state index in [4.69, 9.17) is 4.74 Å². The summed E-state index contributed by atoms with van der Waals surface area (Å²) in [7, 11) is 3.64. The number of fused-ring (bicyclic) bond motifs is 1. The van der Waals surface area contributed by atoms with Crippen molar-refractivity contribution in [3.63, 3.8) is 0 Å². The molecule has 2 aromatic rings. The standard InChI is InChI=1S/C19H19NO2/c1-20-16(11-9-15-5-3-4-6-17(15)20)10-7-14-8-12-18(21)19(13-14)22-2/h3-13,16,21H,1-2H3/b10-7+. The molecule has 3 nitrogen and oxygen atoms in total. The van der Waals surface area contributed by atoms with Crippen LogP contribution in [-0.4, -0.2) is 25.3 Å². The molecule has 0 spiro atoms. The van der Waals surface area contributed by atoms with Crippen LogP contribution in [0.5, 0.6) is 11.5 Å². The summed E-state index contributed by atoms with van der Waals surface area (Å²) in [5.41, 5.74) is 3.46. The molecule has 0 aromatic heterocycles. The summed E-state index contributed by atoms with van der Waals surface area (Å²) in [5, 5.41) is 9.63. The predicted molar refractivity (Wildman–Crippen MR) is 91.4 cm³/mol. The molecule has 0 saturated carbocycles. The minimum absolute atomic E-state index is 0.156. The highest BCUT2D eigenvalue weighted by Gasteiger charge is 2.15. The minimum Gasteiger partial charge on any atom is -0.504 e. The van der Waals surface area contributed by atoms with Crippen molar-refractivity contribution in [2.45, 2.75) is 6.04 Å². The fraction of sp³-hybridized carbons (Fsp3) is 0.158. The second kappa shape index (κ2) is 5.98. The number of likely N-dealkylation sites (N-methyl/N-ethyl adjacent to an activating group) is 1. The maximum atomic E-state index is 9.63. The van der Waals surface area contributed by atoms with Crippen molar-refractivity contribution in [1.29, 1.82) is 0 Å². The molecule has 1 aliphatic heterocycles. The second-order valence-electron chi connectivity index (χ2n) is 5.31. The van der Waals surface area contributed by atoms with Gasteiger partial charge < -0.3 is 14.7 Å². The molecule has 22 heavy (non-hydrogen) atoms. The second-order valence-corrected chi connectivity index (χ2v) is 5.31. The van der Waals surface area contributed by atoms with E-state index in [1.54, 1.807) is 13.2 Å². The molecular formula is C19H19NO2. The third-order valence-corrected chi connectivity index (χ3v) is 3.93. The Labute approximate surface area is 130 Å². The fourth-order valence-corrected chi connectivity index (χ4v) is 2.64. The highest BCUT2D eigenvalue weighted by atomic mass is 16.5. The molecule has 1 heterocycles. The Morgan fingerprint density at radius 1 is 1.18 bits per heavy atom. The van der Waals surface area contributed by atoms with E-state index in [2.05, 4.69) is 54.4 Å². The maximum Gasteiger partial charge on any atom is 0.161 e. The number of phenols is 1. The van der Waals surface area contributed by atoms with Crippen LogP contribution in [0.1, 0.15) is 11.1 Å². The van der Waals surface area contributed by atoms with Crippen LogP contribution in [0.2, 0.25) is 0 Å². The Bertz CT molecular complexity index is 734. The quantitative estimate of drug-likeness (QED) is 0.930. The molecule has 0 bridgehead atoms. The van der Waals surface area contributed by atoms with E-state index in [0.29, 0.717) is 5.75 Å². The molecule has 0 amide bonds. The summed E-state index contributed by atoms with van der Waals surface area (Å²) >= 11 is 0. The average molecular weight is 293 g/mol. The number of aromatic hydroxyl groups is 1. The van der Waals surface area contributed by atoms with Crippen LogP contribution in [0.4, 0.5) is 5.69 Å². The summed E-state index contributed by atoms with van der Waals surface area (Å²) < 4.78 is 5.14. The van der Waals surface area contributed by atoms with E-state index in [1.165, 1.54) is 11.3 Å². The van der Waals surface area contributed by atoms with E-state index >= 15 is 0 Å². The zero-order chi connectivity index (χ0) is 15.5. The molecule has 3 rings (SSSR count). The van der Waals surface area contributed by atoms with Gasteiger partial charge in [-0.15, -0.1) is 0 Å². The van der Waals surface area contributed by atoms with Crippen LogP contribution in [-0.2, 0) is 0 Å². The van der Waals surface area contributed by atoms with E-state index in [1.807, 2.05) is 18.2 Å². The largest absolute Gasteiger partial charge is 0.504 e. The summed E-state index contributed by atoms with van der Waals surface area (Å²) in [6, 6.07) is 13.9. The molecule has 0 saturated heterocycles. The number of nitrogens with zero attached hydrogens (tertiary/aromatic N) is 1. The van der Waals surface area contributed by atoms with Gasteiger partial charge in [-0.25, -0.2) is 0 Å². The first kappa shape index (κ1) is 14.3. The van der Waals surface area contributed by atoms with Crippen molar-refractivity contribution in [2.24, 2.45) is 0 Å². The molecule has 0 fully saturated rings. The van der Waals surface area contributed by atoms with Gasteiger partial charge in [0.15, 0.2) is 11.5 Å². The van der Waals surface area contributed by atoms with Crippen molar-refractivity contribution >= 4 is 17.8 Å². The summed E-state index contributed by atoms with van der Waals surface area (Å²) in [4.78, 5) is 2.24. The van der Waals surface area contributed by atoms with Crippen LogP contribution in [0.25, 0.3) is 12.2 Å². The van der Waals surface area contributed by atoms with E-state index < -0.39 is 0 Å². The Kier molecular flexibility index (Phi) is 3.88. The summed E-state index contributed by atoms with van der Waals surface area (Å²) in [6.07, 6.45) is 8.51. The fourth-order valence-electron chi connectivity index (χ4n) is 2.64. The monoisotopic (exact) mass is 293 g/mol. The summed E-state index contributed by atoms with van der Waals surface area (Å²) in [6.45, 7) is 0. The Hall–Kier alpha value is -2.68. The van der Waals surface area contributed by atoms with Gasteiger partial charge in [0.2, 0.25) is 0 Å². The third-order valence-electron chi connectivity index (χ3n) is 3.93. The van der Waals surface area contributed by atoms with Crippen LogP contribution < -0.4 is 9.64 Å². The summed E-state index contributed by atoms with van der Waals surface area (Å²) in [5.74, 6) is 0.642. The number of ether oxygens (including phenoxy) is 1. The molecular weight excluding hydrogens is 274 g/mol. The smallest absolute Gasteiger partial charge is 0.161 e. The lowest BCUT2D eigenvalue weighted by atomic mass is 10.0. The molecule has 1 unspecified atom stereocenters. The van der Waals surface area contributed by atoms with E-state index in [9.17, 15) is 5.11 Å². The zero-order valence-corrected chi connectivity index (χ0v) is 12.7. The lowest BCUT2D eigenvalue weighted by Crippen LogP contribution is -2.30. The van der Waals surface area contributed by atoms with Gasteiger partial charge in [0.05, 0.1) is 13.2 Å². The van der Waals surface area contributed by atoms with Gasteiger partial charge in [0.1, 0.15) is 0 Å². The normalized spacial score (nSPS) is 16.8. The number of hydrogen-bond donors (Lipinski definition) is 1. The molecule has 1 N–H and O–H groups in total. The molecule has 1 aliphatic rings. The van der Waals surface area contributed by atoms with Gasteiger partial charge in [-0.3, -0.25) is 0 Å². The average Bonchev–Trinajstić information content (AvgIpc) is 2.56. The number of para-hydroxylation sites is 1. The Morgan fingerprint density at radius 3 is 2.82 bits per heavy atom. The number of anilines is 1. The Morgan fingerprint density at radius 2 is 2.00 bits per heavy atom. The molecule has 2 aromatic carbocycles. The van der Waals surface area contributed by atoms with Crippen LogP contribution in [0, 0.1) is 0 Å². The highest BCUT2D eigenvalue weighted by Crippen LogP contribution is 2.29. The molecule has 3 heteroatoms. The molecule has 1 atom stereocenters. The minimum atomic E-state index is 0.156. The first-order valence-electron chi connectivity index (χ1n) is 7.24. The number of phenolic OH excluding ortho intramolecular Hbond substituents is 1. The van der Waals surface area contributed by atoms with Crippen molar-refractivity contribution < 1.29 is 9.84 Å². The van der Waals surface area contributed by atoms with Gasteiger partial charge in [0.25, 0.3) is 0 Å². The number of methoxy groups -OCH3 is 1. The van der Waals surface area contributed by atoms with Gasteiger partial charge >= 0.3 is 0 Å². The SMILES string of the molecule is COc1cc(/C=C/C2C=Cc3ccccc3N2C)ccc1O. The third kappa shape index (κ3) is 2.70. The van der Waals surface area contributed by atoms with E-state index in [0.717, 1.165) is 5.56 Å². The lowest BCUT2D eigenvalue weighted by Gasteiger charge is -2.30. The molecule has 0 radical (unpaired) electrons. The van der Waals surface area contributed by atoms with Crippen molar-refractivity contribution in [3.05, 3.63) is 65.7 Å². The van der Waals surface area contributed by atoms with Crippen LogP contribution in [0.3, 0.4) is 0 Å². The highest BCUT2D eigenvalue weighted by molar-refractivity contribution is 5.73. The van der Waals surface area contributed by atoms with Gasteiger partial charge in [0, 0.05) is 12.7 Å². The van der Waals surface area contributed by atoms with Crippen molar-refractivity contribution in [1.82, 2.24) is 0 Å². The van der Waals surface area contributed by atoms with Crippen molar-refractivity contribution in [2.75, 3.05) is 19.1 Å². The van der Waals surface area contributed by atoms with Crippen LogP contribution >= 0.6 is 0 Å².